The Morgan fingerprint density at radius 2 is 2.20 bits per heavy atom. The summed E-state index contributed by atoms with van der Waals surface area (Å²) in [4.78, 5) is 11.9. The fourth-order valence-electron chi connectivity index (χ4n) is 2.53. The van der Waals surface area contributed by atoms with Crippen LogP contribution in [0.25, 0.3) is 10.9 Å². The molecule has 0 radical (unpaired) electrons. The SMILES string of the molecule is CNC(C)(CC(C)n1ncc2ccccc21)C(=O)OC. The molecular weight excluding hydrogens is 254 g/mol. The molecule has 5 nitrogen and oxygen atoms in total. The number of rotatable bonds is 5. The van der Waals surface area contributed by atoms with Crippen LogP contribution < -0.4 is 5.32 Å². The highest BCUT2D eigenvalue weighted by Gasteiger charge is 2.35. The molecule has 2 unspecified atom stereocenters. The fourth-order valence-corrected chi connectivity index (χ4v) is 2.53. The topological polar surface area (TPSA) is 56.2 Å². The number of methoxy groups -OCH3 is 1. The minimum atomic E-state index is -0.721. The molecule has 1 aromatic heterocycles. The van der Waals surface area contributed by atoms with Crippen LogP contribution in [-0.4, -0.2) is 35.4 Å². The van der Waals surface area contributed by atoms with Crippen LogP contribution >= 0.6 is 0 Å². The van der Waals surface area contributed by atoms with Crippen LogP contribution in [0.1, 0.15) is 26.3 Å². The number of nitrogens with one attached hydrogen (secondary N) is 1. The predicted octanol–water partition coefficient (Wildman–Crippen LogP) is 2.14. The number of benzene rings is 1. The number of carbonyl (C=O) groups is 1. The molecule has 1 N–H and O–H groups in total. The summed E-state index contributed by atoms with van der Waals surface area (Å²) in [5.74, 6) is -0.261. The number of likely N-dealkylation sites (N-methyl/N-ethyl adjacent to an activating group) is 1. The Balaban J connectivity index is 2.27. The minimum Gasteiger partial charge on any atom is -0.468 e. The molecule has 0 fully saturated rings. The quantitative estimate of drug-likeness (QED) is 0.849. The zero-order valence-electron chi connectivity index (χ0n) is 12.4. The Bertz CT molecular complexity index is 608. The van der Waals surface area contributed by atoms with Gasteiger partial charge in [0.15, 0.2) is 0 Å². The number of aromatic nitrogens is 2. The normalized spacial score (nSPS) is 15.8. The number of para-hydroxylation sites is 1. The maximum absolute atomic E-state index is 11.9. The Morgan fingerprint density at radius 3 is 2.85 bits per heavy atom. The molecule has 2 aromatic rings. The van der Waals surface area contributed by atoms with E-state index < -0.39 is 5.54 Å². The molecule has 5 heteroatoms. The molecular formula is C15H21N3O2. The molecule has 0 spiro atoms. The van der Waals surface area contributed by atoms with E-state index in [-0.39, 0.29) is 12.0 Å². The van der Waals surface area contributed by atoms with Crippen molar-refractivity contribution < 1.29 is 9.53 Å². The van der Waals surface area contributed by atoms with Crippen LogP contribution in [-0.2, 0) is 9.53 Å². The molecule has 0 saturated heterocycles. The van der Waals surface area contributed by atoms with Crippen LogP contribution in [0.15, 0.2) is 30.5 Å². The fraction of sp³-hybridized carbons (Fsp3) is 0.467. The number of hydrogen-bond donors (Lipinski definition) is 1. The van der Waals surface area contributed by atoms with Gasteiger partial charge in [-0.25, -0.2) is 0 Å². The van der Waals surface area contributed by atoms with Crippen molar-refractivity contribution in [2.75, 3.05) is 14.2 Å². The summed E-state index contributed by atoms with van der Waals surface area (Å²) in [6.45, 7) is 3.90. The summed E-state index contributed by atoms with van der Waals surface area (Å²) < 4.78 is 6.83. The van der Waals surface area contributed by atoms with Crippen LogP contribution in [0.5, 0.6) is 0 Å². The number of carbonyl (C=O) groups excluding carboxylic acids is 1. The van der Waals surface area contributed by atoms with Crippen molar-refractivity contribution in [3.63, 3.8) is 0 Å². The number of ether oxygens (including phenoxy) is 1. The van der Waals surface area contributed by atoms with Crippen molar-refractivity contribution in [1.29, 1.82) is 0 Å². The first-order valence-corrected chi connectivity index (χ1v) is 6.71. The van der Waals surface area contributed by atoms with E-state index in [0.717, 1.165) is 10.9 Å². The number of fused-ring (bicyclic) bond motifs is 1. The standard InChI is InChI=1S/C15H21N3O2/c1-11(9-15(2,16-3)14(19)20-4)18-13-8-6-5-7-12(13)10-17-18/h5-8,10-11,16H,9H2,1-4H3. The van der Waals surface area contributed by atoms with Gasteiger partial charge in [0.25, 0.3) is 0 Å². The van der Waals surface area contributed by atoms with Gasteiger partial charge in [-0.3, -0.25) is 9.48 Å². The highest BCUT2D eigenvalue weighted by Crippen LogP contribution is 2.25. The average Bonchev–Trinajstić information content (AvgIpc) is 2.90. The van der Waals surface area contributed by atoms with Crippen molar-refractivity contribution in [1.82, 2.24) is 15.1 Å². The van der Waals surface area contributed by atoms with Crippen molar-refractivity contribution in [3.05, 3.63) is 30.5 Å². The smallest absolute Gasteiger partial charge is 0.325 e. The molecule has 0 aliphatic heterocycles. The molecule has 108 valence electrons. The third-order valence-corrected chi connectivity index (χ3v) is 3.81. The van der Waals surface area contributed by atoms with E-state index in [1.54, 1.807) is 7.05 Å². The van der Waals surface area contributed by atoms with E-state index in [1.807, 2.05) is 42.1 Å². The maximum Gasteiger partial charge on any atom is 0.325 e. The van der Waals surface area contributed by atoms with Crippen molar-refractivity contribution in [2.24, 2.45) is 0 Å². The van der Waals surface area contributed by atoms with Gasteiger partial charge in [-0.15, -0.1) is 0 Å². The van der Waals surface area contributed by atoms with Gasteiger partial charge in [-0.1, -0.05) is 18.2 Å². The molecule has 20 heavy (non-hydrogen) atoms. The minimum absolute atomic E-state index is 0.0754. The van der Waals surface area contributed by atoms with E-state index in [9.17, 15) is 4.79 Å². The third kappa shape index (κ3) is 2.54. The molecule has 1 aromatic carbocycles. The number of hydrogen-bond acceptors (Lipinski definition) is 4. The van der Waals surface area contributed by atoms with E-state index in [1.165, 1.54) is 7.11 Å². The van der Waals surface area contributed by atoms with Crippen LogP contribution in [0.4, 0.5) is 0 Å². The first-order valence-electron chi connectivity index (χ1n) is 6.71. The molecule has 0 aliphatic carbocycles. The Kier molecular flexibility index (Phi) is 4.09. The highest BCUT2D eigenvalue weighted by atomic mass is 16.5. The van der Waals surface area contributed by atoms with E-state index >= 15 is 0 Å². The number of nitrogens with zero attached hydrogens (tertiary/aromatic N) is 2. The van der Waals surface area contributed by atoms with Crippen LogP contribution in [0.3, 0.4) is 0 Å². The zero-order chi connectivity index (χ0) is 14.8. The van der Waals surface area contributed by atoms with Gasteiger partial charge in [0, 0.05) is 5.39 Å². The number of esters is 1. The highest BCUT2D eigenvalue weighted by molar-refractivity contribution is 5.80. The monoisotopic (exact) mass is 275 g/mol. The predicted molar refractivity (Wildman–Crippen MR) is 78.5 cm³/mol. The lowest BCUT2D eigenvalue weighted by Gasteiger charge is -2.29. The van der Waals surface area contributed by atoms with Crippen molar-refractivity contribution >= 4 is 16.9 Å². The summed E-state index contributed by atoms with van der Waals surface area (Å²) in [5, 5.41) is 8.59. The third-order valence-electron chi connectivity index (χ3n) is 3.81. The first-order chi connectivity index (χ1) is 9.51. The molecule has 0 aliphatic rings. The summed E-state index contributed by atoms with van der Waals surface area (Å²) in [5.41, 5.74) is 0.352. The molecule has 0 bridgehead atoms. The molecule has 0 saturated carbocycles. The molecule has 1 heterocycles. The molecule has 2 atom stereocenters. The summed E-state index contributed by atoms with van der Waals surface area (Å²) >= 11 is 0. The second kappa shape index (κ2) is 5.63. The molecule has 2 rings (SSSR count). The van der Waals surface area contributed by atoms with Crippen LogP contribution in [0, 0.1) is 0 Å². The second-order valence-electron chi connectivity index (χ2n) is 5.27. The van der Waals surface area contributed by atoms with Gasteiger partial charge in [0.2, 0.25) is 0 Å². The average molecular weight is 275 g/mol. The summed E-state index contributed by atoms with van der Waals surface area (Å²) in [6, 6.07) is 8.12. The second-order valence-corrected chi connectivity index (χ2v) is 5.27. The van der Waals surface area contributed by atoms with Gasteiger partial charge in [0.1, 0.15) is 5.54 Å². The zero-order valence-corrected chi connectivity index (χ0v) is 12.4. The van der Waals surface area contributed by atoms with Crippen molar-refractivity contribution in [3.8, 4) is 0 Å². The lowest BCUT2D eigenvalue weighted by Crippen LogP contribution is -2.49. The molecule has 0 amide bonds. The van der Waals surface area contributed by atoms with Gasteiger partial charge in [0.05, 0.1) is 24.9 Å². The Morgan fingerprint density at radius 1 is 1.50 bits per heavy atom. The first kappa shape index (κ1) is 14.5. The summed E-state index contributed by atoms with van der Waals surface area (Å²) in [7, 11) is 3.18. The largest absolute Gasteiger partial charge is 0.468 e. The Labute approximate surface area is 118 Å². The van der Waals surface area contributed by atoms with Gasteiger partial charge >= 0.3 is 5.97 Å². The van der Waals surface area contributed by atoms with Crippen molar-refractivity contribution in [2.45, 2.75) is 31.8 Å². The van der Waals surface area contributed by atoms with Gasteiger partial charge in [-0.05, 0) is 33.4 Å². The lowest BCUT2D eigenvalue weighted by molar-refractivity contribution is -0.148. The maximum atomic E-state index is 11.9. The summed E-state index contributed by atoms with van der Waals surface area (Å²) in [6.07, 6.45) is 2.45. The lowest BCUT2D eigenvalue weighted by atomic mass is 9.94. The van der Waals surface area contributed by atoms with E-state index in [2.05, 4.69) is 17.3 Å². The van der Waals surface area contributed by atoms with E-state index in [4.69, 9.17) is 4.74 Å². The van der Waals surface area contributed by atoms with Crippen LogP contribution in [0.2, 0.25) is 0 Å². The van der Waals surface area contributed by atoms with E-state index in [0.29, 0.717) is 6.42 Å². The Hall–Kier alpha value is -1.88. The van der Waals surface area contributed by atoms with Gasteiger partial charge < -0.3 is 10.1 Å². The van der Waals surface area contributed by atoms with Gasteiger partial charge in [-0.2, -0.15) is 5.10 Å².